The number of nitrogens with zero attached hydrogens (tertiary/aromatic N) is 3. The molecule has 2 atom stereocenters. The number of aliphatic carboxylic acids is 1. The van der Waals surface area contributed by atoms with Crippen LogP contribution in [-0.4, -0.2) is 78.6 Å². The average Bonchev–Trinajstić information content (AvgIpc) is 3.11. The van der Waals surface area contributed by atoms with Crippen molar-refractivity contribution >= 4 is 18.1 Å². The van der Waals surface area contributed by atoms with Crippen molar-refractivity contribution in [2.75, 3.05) is 46.8 Å². The number of urea groups is 1. The topological polar surface area (TPSA) is 64.1 Å². The lowest BCUT2D eigenvalue weighted by molar-refractivity contribution is -0.148. The van der Waals surface area contributed by atoms with E-state index < -0.39 is 11.4 Å². The maximum Gasteiger partial charge on any atom is 0.319 e. The third kappa shape index (κ3) is 3.44. The van der Waals surface area contributed by atoms with E-state index in [-0.39, 0.29) is 24.3 Å². The highest BCUT2D eigenvalue weighted by atomic mass is 19.1. The van der Waals surface area contributed by atoms with Gasteiger partial charge in [-0.05, 0) is 17.7 Å². The number of hydrogen-bond donors (Lipinski definition) is 1. The Morgan fingerprint density at radius 1 is 1.27 bits per heavy atom. The van der Waals surface area contributed by atoms with Gasteiger partial charge in [0.1, 0.15) is 11.2 Å². The van der Waals surface area contributed by atoms with Crippen molar-refractivity contribution in [3.63, 3.8) is 0 Å². The molecule has 0 spiro atoms. The van der Waals surface area contributed by atoms with Crippen LogP contribution in [0.5, 0.6) is 0 Å². The Morgan fingerprint density at radius 3 is 2.54 bits per heavy atom. The van der Waals surface area contributed by atoms with Crippen LogP contribution in [0.15, 0.2) is 30.3 Å². The lowest BCUT2D eigenvalue weighted by atomic mass is 9.81. The second-order valence-electron chi connectivity index (χ2n) is 7.36. The van der Waals surface area contributed by atoms with Gasteiger partial charge in [-0.15, -0.1) is 0 Å². The molecule has 26 heavy (non-hydrogen) atoms. The molecule has 1 N–H and O–H groups in total. The molecule has 1 aromatic rings. The molecular formula is C19H24FN3O3. The van der Waals surface area contributed by atoms with Crippen LogP contribution >= 0.6 is 0 Å². The second kappa shape index (κ2) is 7.07. The summed E-state index contributed by atoms with van der Waals surface area (Å²) in [7, 11) is 3.35. The van der Waals surface area contributed by atoms with Crippen molar-refractivity contribution in [1.29, 1.82) is 0 Å². The standard InChI is InChI=1S/C19H24FN3O3/c1-21(2)18(26)23-11-15-10-22(12-19(15,13-23)17(24)25)9-3-4-14-5-7-16(20)8-6-14/h3-8,15H,9-13H2,1-2H3,(H,24,25)/t15-,19-/m0/s1. The lowest BCUT2D eigenvalue weighted by Crippen LogP contribution is -2.44. The molecule has 0 saturated carbocycles. The summed E-state index contributed by atoms with van der Waals surface area (Å²) in [4.78, 5) is 29.4. The Balaban J connectivity index is 1.64. The van der Waals surface area contributed by atoms with Gasteiger partial charge in [0.2, 0.25) is 0 Å². The molecule has 1 aromatic carbocycles. The van der Waals surface area contributed by atoms with Crippen LogP contribution in [0.25, 0.3) is 6.08 Å². The largest absolute Gasteiger partial charge is 0.481 e. The zero-order valence-corrected chi connectivity index (χ0v) is 15.1. The number of carboxylic acids is 1. The average molecular weight is 361 g/mol. The smallest absolute Gasteiger partial charge is 0.319 e. The van der Waals surface area contributed by atoms with E-state index in [1.165, 1.54) is 17.0 Å². The first-order valence-corrected chi connectivity index (χ1v) is 8.66. The van der Waals surface area contributed by atoms with Crippen LogP contribution in [0.1, 0.15) is 5.56 Å². The van der Waals surface area contributed by atoms with Crippen LogP contribution in [0.3, 0.4) is 0 Å². The number of carboxylic acid groups (broad SMARTS) is 1. The summed E-state index contributed by atoms with van der Waals surface area (Å²) in [6, 6.07) is 6.09. The lowest BCUT2D eigenvalue weighted by Gasteiger charge is -2.26. The Labute approximate surface area is 152 Å². The van der Waals surface area contributed by atoms with Crippen molar-refractivity contribution in [2.45, 2.75) is 0 Å². The molecule has 2 saturated heterocycles. The first-order chi connectivity index (χ1) is 12.3. The van der Waals surface area contributed by atoms with Crippen molar-refractivity contribution in [1.82, 2.24) is 14.7 Å². The summed E-state index contributed by atoms with van der Waals surface area (Å²) < 4.78 is 12.9. The third-order valence-corrected chi connectivity index (χ3v) is 5.30. The number of amides is 2. The Kier molecular flexibility index (Phi) is 5.00. The number of hydrogen-bond acceptors (Lipinski definition) is 3. The van der Waals surface area contributed by atoms with Crippen LogP contribution in [0.4, 0.5) is 9.18 Å². The molecule has 0 unspecified atom stereocenters. The van der Waals surface area contributed by atoms with Crippen LogP contribution in [0.2, 0.25) is 0 Å². The van der Waals surface area contributed by atoms with Crippen molar-refractivity contribution < 1.29 is 19.1 Å². The predicted molar refractivity (Wildman–Crippen MR) is 96.1 cm³/mol. The molecule has 0 aromatic heterocycles. The molecule has 0 bridgehead atoms. The van der Waals surface area contributed by atoms with Crippen molar-refractivity contribution in [3.8, 4) is 0 Å². The third-order valence-electron chi connectivity index (χ3n) is 5.30. The number of carbonyl (C=O) groups excluding carboxylic acids is 1. The molecule has 7 heteroatoms. The van der Waals surface area contributed by atoms with E-state index in [2.05, 4.69) is 4.90 Å². The second-order valence-corrected chi connectivity index (χ2v) is 7.36. The Hall–Kier alpha value is -2.41. The molecule has 2 heterocycles. The Morgan fingerprint density at radius 2 is 1.96 bits per heavy atom. The SMILES string of the molecule is CN(C)C(=O)N1C[C@@H]2CN(CC=Cc3ccc(F)cc3)C[C@]2(C(=O)O)C1. The molecule has 2 aliphatic heterocycles. The fraction of sp³-hybridized carbons (Fsp3) is 0.474. The van der Waals surface area contributed by atoms with Crippen LogP contribution < -0.4 is 0 Å². The van der Waals surface area contributed by atoms with Gasteiger partial charge < -0.3 is 14.9 Å². The number of halogens is 1. The summed E-state index contributed by atoms with van der Waals surface area (Å²) in [6.07, 6.45) is 3.87. The molecule has 0 aliphatic carbocycles. The van der Waals surface area contributed by atoms with E-state index in [9.17, 15) is 19.1 Å². The highest BCUT2D eigenvalue weighted by Crippen LogP contribution is 2.43. The molecule has 3 rings (SSSR count). The summed E-state index contributed by atoms with van der Waals surface area (Å²) in [5.74, 6) is -1.17. The summed E-state index contributed by atoms with van der Waals surface area (Å²) >= 11 is 0. The first-order valence-electron chi connectivity index (χ1n) is 8.66. The highest BCUT2D eigenvalue weighted by Gasteiger charge is 2.58. The molecule has 6 nitrogen and oxygen atoms in total. The molecule has 2 fully saturated rings. The fourth-order valence-electron chi connectivity index (χ4n) is 3.95. The minimum Gasteiger partial charge on any atom is -0.481 e. The number of carbonyl (C=O) groups is 2. The number of fused-ring (bicyclic) bond motifs is 1. The van der Waals surface area contributed by atoms with Crippen molar-refractivity contribution in [3.05, 3.63) is 41.7 Å². The van der Waals surface area contributed by atoms with E-state index in [0.29, 0.717) is 26.2 Å². The summed E-state index contributed by atoms with van der Waals surface area (Å²) in [5, 5.41) is 9.83. The number of likely N-dealkylation sites (tertiary alicyclic amines) is 2. The maximum atomic E-state index is 12.9. The highest BCUT2D eigenvalue weighted by molar-refractivity contribution is 5.80. The van der Waals surface area contributed by atoms with E-state index in [1.807, 2.05) is 12.2 Å². The minimum atomic E-state index is -0.893. The van der Waals surface area contributed by atoms with Gasteiger partial charge in [0.25, 0.3) is 0 Å². The predicted octanol–water partition coefficient (Wildman–Crippen LogP) is 1.84. The van der Waals surface area contributed by atoms with Gasteiger partial charge in [-0.1, -0.05) is 24.3 Å². The quantitative estimate of drug-likeness (QED) is 0.889. The van der Waals surface area contributed by atoms with Gasteiger partial charge in [0.05, 0.1) is 0 Å². The molecule has 0 radical (unpaired) electrons. The van der Waals surface area contributed by atoms with Crippen molar-refractivity contribution in [2.24, 2.45) is 11.3 Å². The van der Waals surface area contributed by atoms with Gasteiger partial charge in [0.15, 0.2) is 0 Å². The van der Waals surface area contributed by atoms with E-state index in [4.69, 9.17) is 0 Å². The summed E-state index contributed by atoms with van der Waals surface area (Å²) in [5.41, 5.74) is 0.0107. The molecule has 140 valence electrons. The van der Waals surface area contributed by atoms with E-state index >= 15 is 0 Å². The minimum absolute atomic E-state index is 0.0666. The van der Waals surface area contributed by atoms with Gasteiger partial charge in [-0.3, -0.25) is 9.69 Å². The van der Waals surface area contributed by atoms with E-state index in [0.717, 1.165) is 5.56 Å². The molecule has 2 aliphatic rings. The Bertz CT molecular complexity index is 719. The van der Waals surface area contributed by atoms with Crippen LogP contribution in [-0.2, 0) is 4.79 Å². The molecule has 2 amide bonds. The van der Waals surface area contributed by atoms with E-state index in [1.54, 1.807) is 31.1 Å². The van der Waals surface area contributed by atoms with Crippen LogP contribution in [0, 0.1) is 17.2 Å². The summed E-state index contributed by atoms with van der Waals surface area (Å²) in [6.45, 7) is 2.43. The van der Waals surface area contributed by atoms with Gasteiger partial charge in [-0.2, -0.15) is 0 Å². The monoisotopic (exact) mass is 361 g/mol. The zero-order valence-electron chi connectivity index (χ0n) is 15.1. The zero-order chi connectivity index (χ0) is 18.9. The van der Waals surface area contributed by atoms with Gasteiger partial charge in [-0.25, -0.2) is 9.18 Å². The molecular weight excluding hydrogens is 337 g/mol. The normalized spacial score (nSPS) is 25.7. The maximum absolute atomic E-state index is 12.9. The number of benzene rings is 1. The van der Waals surface area contributed by atoms with Gasteiger partial charge in [0, 0.05) is 52.7 Å². The fourth-order valence-corrected chi connectivity index (χ4v) is 3.95. The number of rotatable bonds is 4. The van der Waals surface area contributed by atoms with Gasteiger partial charge >= 0.3 is 12.0 Å². The first kappa shape index (κ1) is 18.4.